The Hall–Kier alpha value is -3.48. The van der Waals surface area contributed by atoms with Gasteiger partial charge in [0.2, 0.25) is 0 Å². The summed E-state index contributed by atoms with van der Waals surface area (Å²) in [6.45, 7) is 10.1. The van der Waals surface area contributed by atoms with Crippen molar-refractivity contribution >= 4 is 49.2 Å². The van der Waals surface area contributed by atoms with Gasteiger partial charge in [-0.25, -0.2) is 0 Å². The Morgan fingerprint density at radius 3 is 2.21 bits per heavy atom. The molecule has 4 heterocycles. The van der Waals surface area contributed by atoms with Crippen molar-refractivity contribution in [2.75, 3.05) is 0 Å². The predicted octanol–water partition coefficient (Wildman–Crippen LogP) is 11.1. The zero-order chi connectivity index (χ0) is 34.2. The molecule has 3 nitrogen and oxygen atoms in total. The normalized spacial score (nSPS) is 11.9. The molecule has 0 fully saturated rings. The number of benzene rings is 3. The van der Waals surface area contributed by atoms with E-state index in [0.717, 1.165) is 39.5 Å². The molecule has 245 valence electrons. The average molecular weight is 886 g/mol. The van der Waals surface area contributed by atoms with Crippen LogP contribution in [0, 0.1) is 32.9 Å². The van der Waals surface area contributed by atoms with Crippen molar-refractivity contribution in [2.45, 2.75) is 57.8 Å². The van der Waals surface area contributed by atoms with Gasteiger partial charge in [0.25, 0.3) is 0 Å². The Morgan fingerprint density at radius 1 is 0.771 bits per heavy atom. The van der Waals surface area contributed by atoms with Crippen LogP contribution in [0.15, 0.2) is 97.3 Å². The summed E-state index contributed by atoms with van der Waals surface area (Å²) in [5, 5.41) is 2.47. The molecule has 0 unspecified atom stereocenters. The van der Waals surface area contributed by atoms with E-state index in [1.165, 1.54) is 41.3 Å². The van der Waals surface area contributed by atoms with E-state index in [9.17, 15) is 0 Å². The van der Waals surface area contributed by atoms with Gasteiger partial charge in [-0.2, -0.15) is 11.3 Å². The summed E-state index contributed by atoms with van der Waals surface area (Å²) in [7, 11) is 0. The first-order valence-electron chi connectivity index (χ1n) is 16.5. The van der Waals surface area contributed by atoms with Gasteiger partial charge in [0.05, 0.1) is 0 Å². The molecule has 0 aliphatic rings. The second-order valence-electron chi connectivity index (χ2n) is 13.4. The Bertz CT molecular complexity index is 2230. The van der Waals surface area contributed by atoms with Crippen LogP contribution in [0.2, 0.25) is 17.3 Å². The Labute approximate surface area is 307 Å². The Balaban J connectivity index is 0.000000221. The second kappa shape index (κ2) is 15.0. The monoisotopic (exact) mass is 887 g/mol. The smallest absolute Gasteiger partial charge is 0.0382 e. The maximum atomic E-state index is 8.38. The van der Waals surface area contributed by atoms with Crippen molar-refractivity contribution in [1.82, 2.24) is 15.0 Å². The molecule has 0 atom stereocenters. The van der Waals surface area contributed by atoms with Crippen molar-refractivity contribution in [3.8, 4) is 33.6 Å². The van der Waals surface area contributed by atoms with Crippen LogP contribution >= 0.6 is 11.3 Å². The Kier molecular flexibility index (Phi) is 10.7. The predicted molar refractivity (Wildman–Crippen MR) is 204 cm³/mol. The van der Waals surface area contributed by atoms with Crippen LogP contribution in [0.25, 0.3) is 53.8 Å². The molecule has 3 aromatic carbocycles. The van der Waals surface area contributed by atoms with E-state index >= 15 is 0 Å². The molecule has 6 heteroatoms. The van der Waals surface area contributed by atoms with E-state index in [4.69, 9.17) is 1.37 Å². The number of aryl methyl sites for hydroxylation is 3. The molecule has 4 aromatic heterocycles. The van der Waals surface area contributed by atoms with Gasteiger partial charge in [0, 0.05) is 43.8 Å². The number of rotatable bonds is 5. The molecule has 0 amide bonds. The van der Waals surface area contributed by atoms with Crippen LogP contribution in [0.4, 0.5) is 0 Å². The van der Waals surface area contributed by atoms with Gasteiger partial charge in [-0.05, 0) is 70.9 Å². The molecule has 0 N–H and O–H groups in total. The summed E-state index contributed by atoms with van der Waals surface area (Å²) < 4.78 is 12.3. The first kappa shape index (κ1) is 34.4. The largest absolute Gasteiger partial charge is 0.305 e. The molecular weight excluding hydrogens is 843 g/mol. The zero-order valence-electron chi connectivity index (χ0n) is 29.8. The van der Waals surface area contributed by atoms with Crippen LogP contribution in [-0.4, -0.2) is 28.2 Å². The van der Waals surface area contributed by atoms with Crippen LogP contribution in [0.5, 0.6) is 0 Å². The molecule has 0 saturated carbocycles. The SMILES string of the molecule is Cc1cc(-c2[c-]cccc2)nc[c]1[Ge]([CH3])([CH3])[CH3].[2H]C(C)(C)c1ccnc(-c2[c-]ccc3c2sc2cc(-c4cc(C)nc(C)c4)ccc23)c1.[Ir]. The molecule has 7 rings (SSSR count). The van der Waals surface area contributed by atoms with Crippen molar-refractivity contribution < 1.29 is 21.5 Å². The minimum Gasteiger partial charge on any atom is -0.305 e. The fraction of sp³-hybridized carbons (Fsp3) is 0.214. The minimum atomic E-state index is -1.77. The number of aromatic nitrogens is 3. The molecular formula is C42H41GeIrN3S-2. The van der Waals surface area contributed by atoms with E-state index in [1.54, 1.807) is 17.5 Å². The van der Waals surface area contributed by atoms with Gasteiger partial charge < -0.3 is 4.98 Å². The van der Waals surface area contributed by atoms with E-state index in [1.807, 2.05) is 64.1 Å². The number of pyridine rings is 3. The molecule has 7 aromatic rings. The molecule has 0 aliphatic carbocycles. The van der Waals surface area contributed by atoms with Crippen LogP contribution in [0.1, 0.15) is 43.6 Å². The van der Waals surface area contributed by atoms with Crippen LogP contribution in [0.3, 0.4) is 0 Å². The molecule has 0 bridgehead atoms. The van der Waals surface area contributed by atoms with Crippen molar-refractivity contribution in [3.05, 3.63) is 132 Å². The van der Waals surface area contributed by atoms with Crippen molar-refractivity contribution in [2.24, 2.45) is 0 Å². The van der Waals surface area contributed by atoms with Gasteiger partial charge in [0.1, 0.15) is 0 Å². The maximum Gasteiger partial charge on any atom is 0.0382 e. The quantitative estimate of drug-likeness (QED) is 0.128. The van der Waals surface area contributed by atoms with Crippen molar-refractivity contribution in [3.63, 3.8) is 0 Å². The van der Waals surface area contributed by atoms with Gasteiger partial charge in [-0.3, -0.25) is 4.98 Å². The van der Waals surface area contributed by atoms with E-state index < -0.39 is 19.2 Å². The fourth-order valence-corrected chi connectivity index (χ4v) is 10.9. The van der Waals surface area contributed by atoms with Crippen molar-refractivity contribution in [1.29, 1.82) is 0 Å². The van der Waals surface area contributed by atoms with Gasteiger partial charge >= 0.3 is 106 Å². The summed E-state index contributed by atoms with van der Waals surface area (Å²) in [4.78, 5) is 13.7. The molecule has 48 heavy (non-hydrogen) atoms. The second-order valence-corrected chi connectivity index (χ2v) is 25.0. The third kappa shape index (κ3) is 7.87. The van der Waals surface area contributed by atoms with Gasteiger partial charge in [0.15, 0.2) is 0 Å². The first-order chi connectivity index (χ1) is 22.8. The van der Waals surface area contributed by atoms with Gasteiger partial charge in [-0.1, -0.05) is 43.0 Å². The third-order valence-electron chi connectivity index (χ3n) is 8.35. The zero-order valence-corrected chi connectivity index (χ0v) is 34.1. The molecule has 0 spiro atoms. The van der Waals surface area contributed by atoms with Crippen LogP contribution in [-0.2, 0) is 20.1 Å². The average Bonchev–Trinajstić information content (AvgIpc) is 3.42. The number of thiophene rings is 1. The third-order valence-corrected chi connectivity index (χ3v) is 14.0. The summed E-state index contributed by atoms with van der Waals surface area (Å²) in [6.07, 6.45) is 3.87. The fourth-order valence-electron chi connectivity index (χ4n) is 6.03. The minimum absolute atomic E-state index is 0. The van der Waals surface area contributed by atoms with E-state index in [0.29, 0.717) is 0 Å². The number of hydrogen-bond donors (Lipinski definition) is 0. The molecule has 1 radical (unpaired) electrons. The van der Waals surface area contributed by atoms with Gasteiger partial charge in [-0.15, -0.1) is 23.8 Å². The standard InChI is InChI=1S/C27H23N2S.C15H18GeN.Ir/c1-16(2)19-10-11-28-25(14-19)24-7-5-6-23-22-9-8-20(15-26(22)30-27(23)24)21-12-17(3)29-18(4)13-21;1-12-10-15(13-8-6-5-7-9-13)17-11-14(12)16(2,3)4;/h5-6,8-16H,1-4H3;5-8,10-11H,1-4H3;/q2*-1;/i16D;;. The first-order valence-corrected chi connectivity index (χ1v) is 24.2. The number of hydrogen-bond acceptors (Lipinski definition) is 4. The number of fused-ring (bicyclic) bond motifs is 3. The summed E-state index contributed by atoms with van der Waals surface area (Å²) in [6, 6.07) is 35.8. The molecule has 0 aliphatic heterocycles. The summed E-state index contributed by atoms with van der Waals surface area (Å²) >= 11 is 0.00735. The summed E-state index contributed by atoms with van der Waals surface area (Å²) in [5.41, 5.74) is 10.8. The van der Waals surface area contributed by atoms with E-state index in [-0.39, 0.29) is 20.1 Å². The number of nitrogens with zero attached hydrogens (tertiary/aromatic N) is 3. The van der Waals surface area contributed by atoms with E-state index in [2.05, 4.69) is 106 Å². The van der Waals surface area contributed by atoms with Crippen LogP contribution < -0.4 is 4.40 Å². The summed E-state index contributed by atoms with van der Waals surface area (Å²) in [5.74, 6) is 6.54. The topological polar surface area (TPSA) is 38.7 Å². The molecule has 0 saturated heterocycles. The Morgan fingerprint density at radius 2 is 1.54 bits per heavy atom. The maximum absolute atomic E-state index is 8.38.